The molecule has 2 fully saturated rings. The highest BCUT2D eigenvalue weighted by Gasteiger charge is 2.34. The predicted octanol–water partition coefficient (Wildman–Crippen LogP) is 1.65. The standard InChI is InChI=1S/C21H34N4O2/c1-2-24(16-18-4-10-22-11-5-18)17-21(27)8-3-14-25(15-9-21)20(26)19-6-12-23-13-7-19/h4-5,10-11,19,23,27H,2-3,6-9,12-17H2,1H3/t21-/m1/s1. The molecule has 0 spiro atoms. The molecule has 150 valence electrons. The number of amides is 1. The zero-order chi connectivity index (χ0) is 19.1. The Morgan fingerprint density at radius 1 is 1.30 bits per heavy atom. The van der Waals surface area contributed by atoms with E-state index in [1.807, 2.05) is 29.4 Å². The molecule has 3 heterocycles. The number of piperidine rings is 1. The molecular weight excluding hydrogens is 340 g/mol. The van der Waals surface area contributed by atoms with E-state index >= 15 is 0 Å². The van der Waals surface area contributed by atoms with E-state index in [-0.39, 0.29) is 5.92 Å². The average Bonchev–Trinajstić information content (AvgIpc) is 2.90. The Morgan fingerprint density at radius 3 is 2.74 bits per heavy atom. The first-order valence-electron chi connectivity index (χ1n) is 10.4. The number of aromatic nitrogens is 1. The number of likely N-dealkylation sites (tertiary alicyclic amines) is 1. The van der Waals surface area contributed by atoms with Crippen molar-refractivity contribution in [1.29, 1.82) is 0 Å². The first-order chi connectivity index (χ1) is 13.1. The second-order valence-corrected chi connectivity index (χ2v) is 8.09. The van der Waals surface area contributed by atoms with Gasteiger partial charge < -0.3 is 15.3 Å². The first-order valence-corrected chi connectivity index (χ1v) is 10.4. The predicted molar refractivity (Wildman–Crippen MR) is 106 cm³/mol. The summed E-state index contributed by atoms with van der Waals surface area (Å²) in [6, 6.07) is 4.05. The number of nitrogens with zero attached hydrogens (tertiary/aromatic N) is 3. The van der Waals surface area contributed by atoms with Gasteiger partial charge in [-0.25, -0.2) is 0 Å². The zero-order valence-electron chi connectivity index (χ0n) is 16.6. The van der Waals surface area contributed by atoms with Crippen LogP contribution in [0.3, 0.4) is 0 Å². The Labute approximate surface area is 163 Å². The molecule has 1 aromatic heterocycles. The molecule has 27 heavy (non-hydrogen) atoms. The number of hydrogen-bond donors (Lipinski definition) is 2. The Balaban J connectivity index is 1.55. The van der Waals surface area contributed by atoms with Crippen LogP contribution in [0.25, 0.3) is 0 Å². The van der Waals surface area contributed by atoms with Crippen molar-refractivity contribution < 1.29 is 9.90 Å². The van der Waals surface area contributed by atoms with Gasteiger partial charge in [0.2, 0.25) is 5.91 Å². The van der Waals surface area contributed by atoms with Crippen LogP contribution in [0.15, 0.2) is 24.5 Å². The molecule has 1 aromatic rings. The van der Waals surface area contributed by atoms with Crippen molar-refractivity contribution in [3.05, 3.63) is 30.1 Å². The summed E-state index contributed by atoms with van der Waals surface area (Å²) >= 11 is 0. The van der Waals surface area contributed by atoms with Crippen molar-refractivity contribution in [3.8, 4) is 0 Å². The van der Waals surface area contributed by atoms with Crippen LogP contribution in [0.1, 0.15) is 44.6 Å². The number of carbonyl (C=O) groups excluding carboxylic acids is 1. The lowest BCUT2D eigenvalue weighted by Crippen LogP contribution is -2.45. The number of pyridine rings is 1. The molecule has 0 radical (unpaired) electrons. The van der Waals surface area contributed by atoms with E-state index in [9.17, 15) is 9.90 Å². The van der Waals surface area contributed by atoms with Gasteiger partial charge in [-0.2, -0.15) is 0 Å². The van der Waals surface area contributed by atoms with E-state index in [0.29, 0.717) is 25.4 Å². The van der Waals surface area contributed by atoms with Crippen LogP contribution in [0.2, 0.25) is 0 Å². The molecule has 2 aliphatic heterocycles. The van der Waals surface area contributed by atoms with Gasteiger partial charge in [0.1, 0.15) is 0 Å². The van der Waals surface area contributed by atoms with Crippen molar-refractivity contribution >= 4 is 5.91 Å². The smallest absolute Gasteiger partial charge is 0.225 e. The number of aliphatic hydroxyl groups is 1. The normalized spacial score (nSPS) is 24.8. The van der Waals surface area contributed by atoms with Gasteiger partial charge in [0.15, 0.2) is 0 Å². The van der Waals surface area contributed by atoms with Crippen LogP contribution in [-0.2, 0) is 11.3 Å². The molecule has 0 aliphatic carbocycles. The highest BCUT2D eigenvalue weighted by atomic mass is 16.3. The Morgan fingerprint density at radius 2 is 2.04 bits per heavy atom. The maximum Gasteiger partial charge on any atom is 0.225 e. The summed E-state index contributed by atoms with van der Waals surface area (Å²) in [5.41, 5.74) is 0.499. The Kier molecular flexibility index (Phi) is 7.21. The Bertz CT molecular complexity index is 591. The summed E-state index contributed by atoms with van der Waals surface area (Å²) in [5.74, 6) is 0.459. The molecular formula is C21H34N4O2. The summed E-state index contributed by atoms with van der Waals surface area (Å²) in [7, 11) is 0. The molecule has 2 N–H and O–H groups in total. The zero-order valence-corrected chi connectivity index (χ0v) is 16.6. The molecule has 2 saturated heterocycles. The first kappa shape index (κ1) is 20.2. The van der Waals surface area contributed by atoms with Crippen LogP contribution in [0.4, 0.5) is 0 Å². The summed E-state index contributed by atoms with van der Waals surface area (Å²) in [6.07, 6.45) is 7.80. The number of nitrogens with one attached hydrogen (secondary N) is 1. The minimum Gasteiger partial charge on any atom is -0.388 e. The lowest BCUT2D eigenvalue weighted by Gasteiger charge is -2.33. The van der Waals surface area contributed by atoms with E-state index in [2.05, 4.69) is 22.1 Å². The second kappa shape index (κ2) is 9.62. The quantitative estimate of drug-likeness (QED) is 0.792. The van der Waals surface area contributed by atoms with Crippen molar-refractivity contribution in [2.24, 2.45) is 5.92 Å². The second-order valence-electron chi connectivity index (χ2n) is 8.09. The van der Waals surface area contributed by atoms with Gasteiger partial charge in [0.25, 0.3) is 0 Å². The molecule has 6 heteroatoms. The maximum absolute atomic E-state index is 12.8. The number of rotatable bonds is 6. The molecule has 2 aliphatic rings. The minimum atomic E-state index is -0.716. The van der Waals surface area contributed by atoms with Crippen LogP contribution in [0, 0.1) is 5.92 Å². The van der Waals surface area contributed by atoms with Gasteiger partial charge in [0, 0.05) is 44.5 Å². The van der Waals surface area contributed by atoms with Crippen LogP contribution < -0.4 is 5.32 Å². The van der Waals surface area contributed by atoms with E-state index in [4.69, 9.17) is 0 Å². The van der Waals surface area contributed by atoms with Gasteiger partial charge in [-0.3, -0.25) is 14.7 Å². The largest absolute Gasteiger partial charge is 0.388 e. The van der Waals surface area contributed by atoms with Crippen LogP contribution in [-0.4, -0.2) is 70.7 Å². The molecule has 1 amide bonds. The van der Waals surface area contributed by atoms with Gasteiger partial charge in [-0.1, -0.05) is 6.92 Å². The molecule has 0 saturated carbocycles. The molecule has 3 rings (SSSR count). The summed E-state index contributed by atoms with van der Waals surface area (Å²) in [6.45, 7) is 7.83. The number of carbonyl (C=O) groups is 1. The molecule has 1 atom stereocenters. The third-order valence-corrected chi connectivity index (χ3v) is 6.04. The SMILES string of the molecule is CCN(Cc1ccncc1)C[C@@]1(O)CCCN(C(=O)C2CCNCC2)CC1. The van der Waals surface area contributed by atoms with Crippen molar-refractivity contribution in [2.75, 3.05) is 39.3 Å². The summed E-state index contributed by atoms with van der Waals surface area (Å²) < 4.78 is 0. The monoisotopic (exact) mass is 374 g/mol. The summed E-state index contributed by atoms with van der Waals surface area (Å²) in [5, 5.41) is 14.6. The Hall–Kier alpha value is -1.50. The number of hydrogen-bond acceptors (Lipinski definition) is 5. The average molecular weight is 375 g/mol. The lowest BCUT2D eigenvalue weighted by molar-refractivity contribution is -0.136. The van der Waals surface area contributed by atoms with Crippen molar-refractivity contribution in [2.45, 2.75) is 51.2 Å². The molecule has 0 aromatic carbocycles. The van der Waals surface area contributed by atoms with Gasteiger partial charge in [0.05, 0.1) is 5.60 Å². The van der Waals surface area contributed by atoms with E-state index in [1.54, 1.807) is 0 Å². The third-order valence-electron chi connectivity index (χ3n) is 6.04. The lowest BCUT2D eigenvalue weighted by atomic mass is 9.94. The van der Waals surface area contributed by atoms with E-state index < -0.39 is 5.60 Å². The van der Waals surface area contributed by atoms with Gasteiger partial charge in [-0.15, -0.1) is 0 Å². The maximum atomic E-state index is 12.8. The van der Waals surface area contributed by atoms with Gasteiger partial charge in [-0.05, 0) is 69.4 Å². The van der Waals surface area contributed by atoms with E-state index in [0.717, 1.165) is 58.4 Å². The number of likely N-dealkylation sites (N-methyl/N-ethyl adjacent to an activating group) is 1. The third kappa shape index (κ3) is 5.74. The molecule has 6 nitrogen and oxygen atoms in total. The van der Waals surface area contributed by atoms with Gasteiger partial charge >= 0.3 is 0 Å². The summed E-state index contributed by atoms with van der Waals surface area (Å²) in [4.78, 5) is 21.2. The molecule has 0 unspecified atom stereocenters. The highest BCUT2D eigenvalue weighted by molar-refractivity contribution is 5.79. The fourth-order valence-corrected chi connectivity index (χ4v) is 4.33. The van der Waals surface area contributed by atoms with Crippen LogP contribution in [0.5, 0.6) is 0 Å². The van der Waals surface area contributed by atoms with Crippen molar-refractivity contribution in [3.63, 3.8) is 0 Å². The minimum absolute atomic E-state index is 0.163. The topological polar surface area (TPSA) is 68.7 Å². The van der Waals surface area contributed by atoms with Crippen LogP contribution >= 0.6 is 0 Å². The van der Waals surface area contributed by atoms with Crippen molar-refractivity contribution in [1.82, 2.24) is 20.1 Å². The fourth-order valence-electron chi connectivity index (χ4n) is 4.33. The highest BCUT2D eigenvalue weighted by Crippen LogP contribution is 2.26. The van der Waals surface area contributed by atoms with E-state index in [1.165, 1.54) is 5.56 Å². The molecule has 0 bridgehead atoms. The fraction of sp³-hybridized carbons (Fsp3) is 0.714.